The fourth-order valence-corrected chi connectivity index (χ4v) is 11.2. The largest absolute Gasteiger partial charge is 0.493 e. The molecule has 3 aliphatic rings. The molecule has 428 valence electrons. The van der Waals surface area contributed by atoms with Gasteiger partial charge >= 0.3 is 0 Å². The summed E-state index contributed by atoms with van der Waals surface area (Å²) in [4.78, 5) is 6.57. The highest BCUT2D eigenvalue weighted by Crippen LogP contribution is 2.42. The molecule has 0 unspecified atom stereocenters. The SMILES string of the molecule is COc1cc2cnnc(N3CCC(C#N)(c4ccccc4)CC3)c2cc1OC.COc1cc2cnnc(N3CCC(O)(c4cccc(F)c4)CC3)c2cc1OC.COc1cc2cnnc(N3CCC(Oc4ccccc4)CC3)c2cc1OC. The van der Waals surface area contributed by atoms with Gasteiger partial charge in [0.15, 0.2) is 52.0 Å². The van der Waals surface area contributed by atoms with E-state index in [0.717, 1.165) is 113 Å². The molecule has 83 heavy (non-hydrogen) atoms. The number of nitriles is 1. The summed E-state index contributed by atoms with van der Waals surface area (Å²) in [6.07, 6.45) is 9.73. The summed E-state index contributed by atoms with van der Waals surface area (Å²) in [5.41, 5.74) is 0.212. The third-order valence-electron chi connectivity index (χ3n) is 15.9. The molecular formula is C64H67FN10O8. The smallest absolute Gasteiger partial charge is 0.161 e. The number of hydrogen-bond acceptors (Lipinski definition) is 18. The predicted octanol–water partition coefficient (Wildman–Crippen LogP) is 10.7. The first-order valence-corrected chi connectivity index (χ1v) is 27.6. The molecule has 0 radical (unpaired) electrons. The number of para-hydroxylation sites is 1. The van der Waals surface area contributed by atoms with Crippen molar-refractivity contribution in [2.75, 3.05) is 96.6 Å². The lowest BCUT2D eigenvalue weighted by molar-refractivity contribution is 0.0114. The van der Waals surface area contributed by atoms with Crippen LogP contribution in [0.1, 0.15) is 49.7 Å². The number of aliphatic hydroxyl groups is 1. The number of fused-ring (bicyclic) bond motifs is 3. The third kappa shape index (κ3) is 12.3. The molecule has 12 rings (SSSR count). The lowest BCUT2D eigenvalue weighted by atomic mass is 9.74. The van der Waals surface area contributed by atoms with Crippen molar-refractivity contribution in [3.63, 3.8) is 0 Å². The molecular weight excluding hydrogens is 1060 g/mol. The standard InChI is InChI=1S/C22H22N4O2.C21H22FN3O3.C21H23N3O3/c1-27-19-12-16-14-24-25-21(18(16)13-20(19)28-2)26-10-8-22(15-23,9-11-26)17-6-4-3-5-7-17;1-27-18-10-14-13-23-24-20(17(14)12-19(18)28-2)25-8-6-21(26,7-9-25)15-4-3-5-16(22)11-15;1-25-19-12-15-14-22-23-21(18(15)13-20(19)26-2)24-10-8-17(9-11-24)27-16-6-4-3-5-7-16/h3-7,12-14H,8-11H2,1-2H3;3-5,10-13,26H,6-9H2,1-2H3;3-7,12-14,17H,8-11H2,1-2H3. The van der Waals surface area contributed by atoms with Gasteiger partial charge in [-0.2, -0.15) is 20.6 Å². The minimum atomic E-state index is -1.04. The summed E-state index contributed by atoms with van der Waals surface area (Å²) in [6, 6.07) is 40.4. The Morgan fingerprint density at radius 1 is 0.482 bits per heavy atom. The number of methoxy groups -OCH3 is 6. The first-order valence-electron chi connectivity index (χ1n) is 27.6. The predicted molar refractivity (Wildman–Crippen MR) is 317 cm³/mol. The van der Waals surface area contributed by atoms with Gasteiger partial charge < -0.3 is 53.0 Å². The van der Waals surface area contributed by atoms with E-state index in [1.807, 2.05) is 97.1 Å². The van der Waals surface area contributed by atoms with E-state index in [1.54, 1.807) is 73.4 Å². The summed E-state index contributed by atoms with van der Waals surface area (Å²) in [7, 11) is 9.71. The van der Waals surface area contributed by atoms with Crippen LogP contribution in [0.4, 0.5) is 21.8 Å². The normalized spacial score (nSPS) is 15.7. The molecule has 0 bridgehead atoms. The second-order valence-electron chi connectivity index (χ2n) is 20.6. The number of anilines is 3. The van der Waals surface area contributed by atoms with Gasteiger partial charge in [-0.15, -0.1) is 15.3 Å². The Balaban J connectivity index is 0.000000139. The zero-order chi connectivity index (χ0) is 57.9. The molecule has 9 aromatic rings. The zero-order valence-corrected chi connectivity index (χ0v) is 47.5. The van der Waals surface area contributed by atoms with Gasteiger partial charge in [0, 0.05) is 84.4 Å². The molecule has 0 aliphatic carbocycles. The average Bonchev–Trinajstić information content (AvgIpc) is 3.68. The van der Waals surface area contributed by atoms with Crippen LogP contribution in [-0.2, 0) is 11.0 Å². The van der Waals surface area contributed by atoms with E-state index < -0.39 is 11.0 Å². The Hall–Kier alpha value is -9.28. The molecule has 0 atom stereocenters. The fourth-order valence-electron chi connectivity index (χ4n) is 11.2. The zero-order valence-electron chi connectivity index (χ0n) is 47.5. The van der Waals surface area contributed by atoms with Crippen LogP contribution in [0.5, 0.6) is 40.2 Å². The van der Waals surface area contributed by atoms with Crippen LogP contribution in [0.15, 0.2) is 140 Å². The van der Waals surface area contributed by atoms with Crippen molar-refractivity contribution in [3.8, 4) is 46.3 Å². The minimum Gasteiger partial charge on any atom is -0.493 e. The first kappa shape index (κ1) is 57.0. The molecule has 19 heteroatoms. The highest BCUT2D eigenvalue weighted by Gasteiger charge is 2.38. The molecule has 6 aromatic carbocycles. The lowest BCUT2D eigenvalue weighted by Gasteiger charge is -2.39. The minimum absolute atomic E-state index is 0.223. The molecule has 3 saturated heterocycles. The lowest BCUT2D eigenvalue weighted by Crippen LogP contribution is -2.43. The molecule has 3 fully saturated rings. The van der Waals surface area contributed by atoms with Crippen LogP contribution in [0.3, 0.4) is 0 Å². The van der Waals surface area contributed by atoms with Crippen molar-refractivity contribution in [2.45, 2.75) is 55.6 Å². The van der Waals surface area contributed by atoms with Crippen molar-refractivity contribution in [1.82, 2.24) is 30.6 Å². The number of benzene rings is 6. The van der Waals surface area contributed by atoms with Gasteiger partial charge in [-0.25, -0.2) is 4.39 Å². The number of piperidine rings is 3. The Bertz CT molecular complexity index is 3700. The van der Waals surface area contributed by atoms with Crippen LogP contribution in [0.25, 0.3) is 32.3 Å². The van der Waals surface area contributed by atoms with E-state index >= 15 is 0 Å². The van der Waals surface area contributed by atoms with Crippen molar-refractivity contribution in [2.24, 2.45) is 0 Å². The van der Waals surface area contributed by atoms with Crippen LogP contribution in [0.2, 0.25) is 0 Å². The van der Waals surface area contributed by atoms with Gasteiger partial charge in [-0.05, 0) is 97.5 Å². The number of rotatable bonds is 13. The second kappa shape index (κ2) is 25.7. The maximum Gasteiger partial charge on any atom is 0.161 e. The molecule has 6 heterocycles. The summed E-state index contributed by atoms with van der Waals surface area (Å²) >= 11 is 0. The third-order valence-corrected chi connectivity index (χ3v) is 15.9. The van der Waals surface area contributed by atoms with Gasteiger partial charge in [0.05, 0.1) is 78.3 Å². The number of aromatic nitrogens is 6. The molecule has 18 nitrogen and oxygen atoms in total. The molecule has 1 N–H and O–H groups in total. The number of ether oxygens (including phenoxy) is 7. The number of hydrogen-bond donors (Lipinski definition) is 1. The quantitative estimate of drug-likeness (QED) is 0.114. The van der Waals surface area contributed by atoms with Crippen LogP contribution >= 0.6 is 0 Å². The van der Waals surface area contributed by atoms with E-state index in [1.165, 1.54) is 12.1 Å². The number of halogens is 1. The maximum absolute atomic E-state index is 13.6. The highest BCUT2D eigenvalue weighted by molar-refractivity contribution is 5.96. The van der Waals surface area contributed by atoms with Crippen molar-refractivity contribution in [3.05, 3.63) is 157 Å². The van der Waals surface area contributed by atoms with E-state index in [4.69, 9.17) is 33.2 Å². The highest BCUT2D eigenvalue weighted by atomic mass is 19.1. The van der Waals surface area contributed by atoms with Crippen molar-refractivity contribution < 1.29 is 42.7 Å². The monoisotopic (exact) mass is 1120 g/mol. The van der Waals surface area contributed by atoms with Crippen molar-refractivity contribution in [1.29, 1.82) is 5.26 Å². The first-order chi connectivity index (χ1) is 40.5. The van der Waals surface area contributed by atoms with E-state index in [2.05, 4.69) is 51.4 Å². The Morgan fingerprint density at radius 2 is 0.867 bits per heavy atom. The molecule has 0 spiro atoms. The van der Waals surface area contributed by atoms with E-state index in [-0.39, 0.29) is 11.9 Å². The summed E-state index contributed by atoms with van der Waals surface area (Å²) in [5, 5.41) is 52.3. The molecule has 3 aromatic heterocycles. The second-order valence-corrected chi connectivity index (χ2v) is 20.6. The summed E-state index contributed by atoms with van der Waals surface area (Å²) in [5.74, 6) is 7.00. The maximum atomic E-state index is 13.6. The van der Waals surface area contributed by atoms with Crippen LogP contribution in [-0.4, -0.2) is 124 Å². The molecule has 3 aliphatic heterocycles. The summed E-state index contributed by atoms with van der Waals surface area (Å²) in [6.45, 7) is 4.39. The molecule has 0 saturated carbocycles. The van der Waals surface area contributed by atoms with Gasteiger partial charge in [0.25, 0.3) is 0 Å². The van der Waals surface area contributed by atoms with E-state index in [0.29, 0.717) is 66.0 Å². The van der Waals surface area contributed by atoms with Gasteiger partial charge in [-0.3, -0.25) is 0 Å². The topological polar surface area (TPSA) is 196 Å². The van der Waals surface area contributed by atoms with Crippen LogP contribution in [0, 0.1) is 17.1 Å². The van der Waals surface area contributed by atoms with Gasteiger partial charge in [0.1, 0.15) is 17.7 Å². The average molecular weight is 1120 g/mol. The van der Waals surface area contributed by atoms with E-state index in [9.17, 15) is 14.8 Å². The Kier molecular flexibility index (Phi) is 17.6. The Labute approximate surface area is 481 Å². The fraction of sp³-hybridized carbons (Fsp3) is 0.328. The Morgan fingerprint density at radius 3 is 1.28 bits per heavy atom. The molecule has 0 amide bonds. The summed E-state index contributed by atoms with van der Waals surface area (Å²) < 4.78 is 52.2. The number of nitrogens with zero attached hydrogens (tertiary/aromatic N) is 10. The van der Waals surface area contributed by atoms with Gasteiger partial charge in [0.2, 0.25) is 0 Å². The van der Waals surface area contributed by atoms with Gasteiger partial charge in [-0.1, -0.05) is 60.7 Å². The van der Waals surface area contributed by atoms with Crippen molar-refractivity contribution >= 4 is 49.8 Å². The van der Waals surface area contributed by atoms with Crippen LogP contribution < -0.4 is 47.9 Å².